The van der Waals surface area contributed by atoms with Crippen LogP contribution in [0.25, 0.3) is 11.2 Å². The molecule has 3 heterocycles. The van der Waals surface area contributed by atoms with Crippen molar-refractivity contribution in [2.75, 3.05) is 13.1 Å². The van der Waals surface area contributed by atoms with E-state index in [0.29, 0.717) is 42.7 Å². The molecule has 0 aromatic carbocycles. The Morgan fingerprint density at radius 1 is 1.25 bits per heavy atom. The number of likely N-dealkylation sites (tertiary alicyclic amines) is 1. The van der Waals surface area contributed by atoms with Crippen molar-refractivity contribution in [3.63, 3.8) is 0 Å². The van der Waals surface area contributed by atoms with Crippen molar-refractivity contribution in [2.45, 2.75) is 51.9 Å². The largest absolute Gasteiger partial charge is 0.444 e. The van der Waals surface area contributed by atoms with Gasteiger partial charge in [-0.3, -0.25) is 14.2 Å². The lowest BCUT2D eigenvalue weighted by molar-refractivity contribution is 0.0188. The second kappa shape index (κ2) is 7.38. The van der Waals surface area contributed by atoms with Gasteiger partial charge in [0.25, 0.3) is 0 Å². The van der Waals surface area contributed by atoms with Crippen LogP contribution in [0, 0.1) is 0 Å². The maximum absolute atomic E-state index is 12.7. The highest BCUT2D eigenvalue weighted by atomic mass is 16.6. The third-order valence-corrected chi connectivity index (χ3v) is 4.86. The number of pyridine rings is 1. The number of hydrogen-bond acceptors (Lipinski definition) is 6. The standard InChI is InChI=1S/C19H26N4O5/c1-19(2,3)28-18(27)22-7-5-13(6-8-22)23-15-14(9-12(11-24)10-20-15)21(4)16(25)17(23)26/h9-10,13,24H,5-8,11H2,1-4H3. The molecule has 1 saturated heterocycles. The van der Waals surface area contributed by atoms with Crippen LogP contribution in [0.15, 0.2) is 21.9 Å². The third kappa shape index (κ3) is 3.80. The monoisotopic (exact) mass is 390 g/mol. The van der Waals surface area contributed by atoms with Gasteiger partial charge in [-0.25, -0.2) is 9.78 Å². The maximum Gasteiger partial charge on any atom is 0.410 e. The van der Waals surface area contributed by atoms with Crippen molar-refractivity contribution >= 4 is 17.3 Å². The minimum atomic E-state index is -0.640. The van der Waals surface area contributed by atoms with E-state index < -0.39 is 16.7 Å². The van der Waals surface area contributed by atoms with Gasteiger partial charge in [0.05, 0.1) is 12.1 Å². The number of aliphatic hydroxyl groups is 1. The fraction of sp³-hybridized carbons (Fsp3) is 0.579. The highest BCUT2D eigenvalue weighted by Gasteiger charge is 2.29. The summed E-state index contributed by atoms with van der Waals surface area (Å²) in [5, 5.41) is 9.35. The van der Waals surface area contributed by atoms with E-state index in [9.17, 15) is 19.5 Å². The van der Waals surface area contributed by atoms with Crippen LogP contribution in [0.5, 0.6) is 0 Å². The van der Waals surface area contributed by atoms with E-state index in [2.05, 4.69) is 4.98 Å². The molecule has 2 aromatic rings. The Hall–Kier alpha value is -2.68. The number of amides is 1. The summed E-state index contributed by atoms with van der Waals surface area (Å²) >= 11 is 0. The van der Waals surface area contributed by atoms with Crippen molar-refractivity contribution in [1.82, 2.24) is 19.0 Å². The van der Waals surface area contributed by atoms with E-state index in [4.69, 9.17) is 4.74 Å². The van der Waals surface area contributed by atoms with Crippen molar-refractivity contribution < 1.29 is 14.6 Å². The molecule has 0 bridgehead atoms. The number of aromatic nitrogens is 3. The molecular formula is C19H26N4O5. The smallest absolute Gasteiger partial charge is 0.410 e. The minimum Gasteiger partial charge on any atom is -0.444 e. The van der Waals surface area contributed by atoms with Crippen LogP contribution in [-0.2, 0) is 18.4 Å². The molecule has 1 amide bonds. The number of fused-ring (bicyclic) bond motifs is 1. The Morgan fingerprint density at radius 3 is 2.46 bits per heavy atom. The predicted molar refractivity (Wildman–Crippen MR) is 103 cm³/mol. The molecular weight excluding hydrogens is 364 g/mol. The number of hydrogen-bond donors (Lipinski definition) is 1. The average Bonchev–Trinajstić information content (AvgIpc) is 2.65. The van der Waals surface area contributed by atoms with Crippen LogP contribution in [0.1, 0.15) is 45.2 Å². The van der Waals surface area contributed by atoms with E-state index in [1.54, 1.807) is 11.0 Å². The van der Waals surface area contributed by atoms with Gasteiger partial charge in [0.2, 0.25) is 0 Å². The second-order valence-corrected chi connectivity index (χ2v) is 8.08. The number of piperidine rings is 1. The molecule has 0 radical (unpaired) electrons. The first-order chi connectivity index (χ1) is 13.1. The molecule has 1 aliphatic heterocycles. The van der Waals surface area contributed by atoms with E-state index in [1.165, 1.54) is 22.4 Å². The summed E-state index contributed by atoms with van der Waals surface area (Å²) in [7, 11) is 1.52. The topological polar surface area (TPSA) is 107 Å². The number of aliphatic hydroxyl groups excluding tert-OH is 1. The van der Waals surface area contributed by atoms with E-state index in [1.807, 2.05) is 20.8 Å². The molecule has 9 nitrogen and oxygen atoms in total. The van der Waals surface area contributed by atoms with Gasteiger partial charge >= 0.3 is 17.2 Å². The van der Waals surface area contributed by atoms with Gasteiger partial charge in [-0.2, -0.15) is 0 Å². The summed E-state index contributed by atoms with van der Waals surface area (Å²) in [6.07, 6.45) is 2.16. The Morgan fingerprint density at radius 2 is 1.89 bits per heavy atom. The second-order valence-electron chi connectivity index (χ2n) is 8.08. The normalized spacial score (nSPS) is 15.8. The number of ether oxygens (including phenoxy) is 1. The van der Waals surface area contributed by atoms with E-state index in [-0.39, 0.29) is 18.7 Å². The zero-order valence-electron chi connectivity index (χ0n) is 16.6. The fourth-order valence-electron chi connectivity index (χ4n) is 3.43. The molecule has 2 aromatic heterocycles. The SMILES string of the molecule is Cn1c(=O)c(=O)n(C2CCN(C(=O)OC(C)(C)C)CC2)c2ncc(CO)cc21. The zero-order chi connectivity index (χ0) is 20.6. The first-order valence-electron chi connectivity index (χ1n) is 9.31. The number of aryl methyl sites for hydroxylation is 1. The third-order valence-electron chi connectivity index (χ3n) is 4.86. The molecule has 152 valence electrons. The molecule has 1 aliphatic rings. The van der Waals surface area contributed by atoms with Gasteiger partial charge in [0.1, 0.15) is 5.60 Å². The van der Waals surface area contributed by atoms with Crippen molar-refractivity contribution in [2.24, 2.45) is 7.05 Å². The molecule has 3 rings (SSSR count). The molecule has 9 heteroatoms. The first kappa shape index (κ1) is 20.1. The van der Waals surface area contributed by atoms with Gasteiger partial charge in [-0.05, 0) is 45.2 Å². The Balaban J connectivity index is 1.92. The van der Waals surface area contributed by atoms with Crippen LogP contribution in [0.4, 0.5) is 4.79 Å². The van der Waals surface area contributed by atoms with Gasteiger partial charge in [0, 0.05) is 32.4 Å². The van der Waals surface area contributed by atoms with Crippen molar-refractivity contribution in [3.05, 3.63) is 38.5 Å². The van der Waals surface area contributed by atoms with Gasteiger partial charge in [0.15, 0.2) is 5.65 Å². The van der Waals surface area contributed by atoms with Crippen molar-refractivity contribution in [1.29, 1.82) is 0 Å². The Bertz CT molecular complexity index is 1010. The number of nitrogens with zero attached hydrogens (tertiary/aromatic N) is 4. The van der Waals surface area contributed by atoms with E-state index in [0.717, 1.165) is 0 Å². The molecule has 0 aliphatic carbocycles. The first-order valence-corrected chi connectivity index (χ1v) is 9.31. The molecule has 1 fully saturated rings. The molecule has 1 N–H and O–H groups in total. The summed E-state index contributed by atoms with van der Waals surface area (Å²) in [5.74, 6) is 0. The number of carbonyl (C=O) groups excluding carboxylic acids is 1. The fourth-order valence-corrected chi connectivity index (χ4v) is 3.43. The number of carbonyl (C=O) groups is 1. The lowest BCUT2D eigenvalue weighted by atomic mass is 10.0. The molecule has 0 spiro atoms. The van der Waals surface area contributed by atoms with Crippen LogP contribution in [0.2, 0.25) is 0 Å². The summed E-state index contributed by atoms with van der Waals surface area (Å²) in [6, 6.07) is 1.42. The van der Waals surface area contributed by atoms with Gasteiger partial charge < -0.3 is 19.3 Å². The highest BCUT2D eigenvalue weighted by molar-refractivity contribution is 5.71. The summed E-state index contributed by atoms with van der Waals surface area (Å²) in [5.41, 5.74) is -0.381. The average molecular weight is 390 g/mol. The Labute approximate surface area is 162 Å². The van der Waals surface area contributed by atoms with Crippen LogP contribution in [0.3, 0.4) is 0 Å². The maximum atomic E-state index is 12.7. The summed E-state index contributed by atoms with van der Waals surface area (Å²) < 4.78 is 8.10. The number of rotatable bonds is 2. The highest BCUT2D eigenvalue weighted by Crippen LogP contribution is 2.25. The molecule has 0 unspecified atom stereocenters. The quantitative estimate of drug-likeness (QED) is 0.771. The molecule has 0 saturated carbocycles. The summed E-state index contributed by atoms with van der Waals surface area (Å²) in [4.78, 5) is 43.3. The van der Waals surface area contributed by atoms with Crippen LogP contribution in [-0.4, -0.2) is 48.9 Å². The van der Waals surface area contributed by atoms with Crippen molar-refractivity contribution in [3.8, 4) is 0 Å². The lowest BCUT2D eigenvalue weighted by Crippen LogP contribution is -2.46. The molecule has 0 atom stereocenters. The zero-order valence-corrected chi connectivity index (χ0v) is 16.6. The predicted octanol–water partition coefficient (Wildman–Crippen LogP) is 1.16. The van der Waals surface area contributed by atoms with Crippen LogP contribution < -0.4 is 11.1 Å². The Kier molecular flexibility index (Phi) is 5.29. The van der Waals surface area contributed by atoms with Gasteiger partial charge in [-0.1, -0.05) is 0 Å². The van der Waals surface area contributed by atoms with Crippen LogP contribution >= 0.6 is 0 Å². The lowest BCUT2D eigenvalue weighted by Gasteiger charge is -2.34. The minimum absolute atomic E-state index is 0.204. The molecule has 28 heavy (non-hydrogen) atoms. The van der Waals surface area contributed by atoms with E-state index >= 15 is 0 Å². The summed E-state index contributed by atoms with van der Waals surface area (Å²) in [6.45, 7) is 6.10. The van der Waals surface area contributed by atoms with Gasteiger partial charge in [-0.15, -0.1) is 0 Å².